The lowest BCUT2D eigenvalue weighted by molar-refractivity contribution is -0.139. The number of carbonyl (C=O) groups is 1. The Balaban J connectivity index is 2.33. The van der Waals surface area contributed by atoms with Crippen LogP contribution in [0.4, 0.5) is 5.13 Å². The summed E-state index contributed by atoms with van der Waals surface area (Å²) in [7, 11) is 3.46. The Morgan fingerprint density at radius 3 is 3.06 bits per heavy atom. The van der Waals surface area contributed by atoms with E-state index >= 15 is 0 Å². The molecule has 1 heterocycles. The Bertz CT molecular complexity index is 354. The van der Waals surface area contributed by atoms with Gasteiger partial charge in [0.15, 0.2) is 5.13 Å². The average molecular weight is 257 g/mol. The lowest BCUT2D eigenvalue weighted by Gasteiger charge is -2.13. The number of nitrogens with zero attached hydrogens (tertiary/aromatic N) is 2. The number of rotatable bonds is 7. The lowest BCUT2D eigenvalue weighted by atomic mass is 10.3. The molecule has 0 bridgehead atoms. The van der Waals surface area contributed by atoms with Gasteiger partial charge in [0.1, 0.15) is 0 Å². The molecule has 1 rings (SSSR count). The maximum absolute atomic E-state index is 11.0. The largest absolute Gasteiger partial charge is 0.469 e. The van der Waals surface area contributed by atoms with E-state index in [0.29, 0.717) is 0 Å². The molecule has 0 aromatic carbocycles. The summed E-state index contributed by atoms with van der Waals surface area (Å²) in [5.41, 5.74) is 0.758. The molecule has 0 aliphatic rings. The number of carbonyl (C=O) groups excluding carboxylic acids is 1. The smallest absolute Gasteiger partial charge is 0.311 e. The zero-order chi connectivity index (χ0) is 12.7. The first kappa shape index (κ1) is 13.9. The van der Waals surface area contributed by atoms with Crippen LogP contribution in [0.15, 0.2) is 5.38 Å². The molecule has 0 unspecified atom stereocenters. The van der Waals surface area contributed by atoms with Crippen LogP contribution in [0.2, 0.25) is 0 Å². The maximum atomic E-state index is 11.0. The number of esters is 1. The van der Waals surface area contributed by atoms with Crippen molar-refractivity contribution in [3.05, 3.63) is 11.1 Å². The fraction of sp³-hybridized carbons (Fsp3) is 0.636. The Morgan fingerprint density at radius 2 is 2.41 bits per heavy atom. The normalized spacial score (nSPS) is 10.6. The molecule has 6 heteroatoms. The van der Waals surface area contributed by atoms with Crippen LogP contribution in [0.1, 0.15) is 12.6 Å². The summed E-state index contributed by atoms with van der Waals surface area (Å²) >= 11 is 1.51. The summed E-state index contributed by atoms with van der Waals surface area (Å²) < 4.78 is 4.59. The van der Waals surface area contributed by atoms with Crippen molar-refractivity contribution in [1.82, 2.24) is 9.88 Å². The van der Waals surface area contributed by atoms with Crippen LogP contribution in [0.5, 0.6) is 0 Å². The molecule has 0 saturated heterocycles. The molecule has 0 atom stereocenters. The van der Waals surface area contributed by atoms with Crippen molar-refractivity contribution in [2.75, 3.05) is 39.1 Å². The summed E-state index contributed by atoms with van der Waals surface area (Å²) in [6.45, 7) is 4.99. The van der Waals surface area contributed by atoms with Crippen LogP contribution >= 0.6 is 11.3 Å². The van der Waals surface area contributed by atoms with Gasteiger partial charge in [-0.3, -0.25) is 4.79 Å². The van der Waals surface area contributed by atoms with Crippen molar-refractivity contribution in [1.29, 1.82) is 0 Å². The fourth-order valence-electron chi connectivity index (χ4n) is 1.20. The predicted molar refractivity (Wildman–Crippen MR) is 69.5 cm³/mol. The second-order valence-electron chi connectivity index (χ2n) is 3.72. The number of anilines is 1. The van der Waals surface area contributed by atoms with Crippen LogP contribution < -0.4 is 5.32 Å². The van der Waals surface area contributed by atoms with Crippen LogP contribution in [0, 0.1) is 0 Å². The van der Waals surface area contributed by atoms with Gasteiger partial charge < -0.3 is 15.0 Å². The van der Waals surface area contributed by atoms with E-state index in [1.807, 2.05) is 5.38 Å². The van der Waals surface area contributed by atoms with E-state index in [2.05, 4.69) is 33.9 Å². The first-order valence-electron chi connectivity index (χ1n) is 5.59. The van der Waals surface area contributed by atoms with Crippen LogP contribution in [-0.2, 0) is 16.0 Å². The van der Waals surface area contributed by atoms with Gasteiger partial charge in [-0.1, -0.05) is 6.92 Å². The second-order valence-corrected chi connectivity index (χ2v) is 4.58. The molecule has 5 nitrogen and oxygen atoms in total. The van der Waals surface area contributed by atoms with E-state index in [9.17, 15) is 4.79 Å². The quantitative estimate of drug-likeness (QED) is 0.744. The summed E-state index contributed by atoms with van der Waals surface area (Å²) in [5.74, 6) is -0.257. The minimum absolute atomic E-state index is 0.240. The zero-order valence-electron chi connectivity index (χ0n) is 10.5. The van der Waals surface area contributed by atoms with Gasteiger partial charge in [-0.25, -0.2) is 4.98 Å². The molecule has 0 radical (unpaired) electrons. The molecule has 96 valence electrons. The number of methoxy groups -OCH3 is 1. The van der Waals surface area contributed by atoms with Gasteiger partial charge in [-0.05, 0) is 13.6 Å². The summed E-state index contributed by atoms with van der Waals surface area (Å²) in [5, 5.41) is 5.97. The van der Waals surface area contributed by atoms with Crippen molar-refractivity contribution in [2.24, 2.45) is 0 Å². The number of likely N-dealkylation sites (N-methyl/N-ethyl adjacent to an activating group) is 1. The molecule has 0 aliphatic heterocycles. The topological polar surface area (TPSA) is 54.5 Å². The molecule has 17 heavy (non-hydrogen) atoms. The monoisotopic (exact) mass is 257 g/mol. The third-order valence-electron chi connectivity index (χ3n) is 2.41. The van der Waals surface area contributed by atoms with Gasteiger partial charge >= 0.3 is 5.97 Å². The highest BCUT2D eigenvalue weighted by Crippen LogP contribution is 2.15. The molecule has 0 fully saturated rings. The standard InChI is InChI=1S/C11H19N3O2S/c1-4-14(2)6-5-12-11-13-9(8-17-11)7-10(15)16-3/h8H,4-7H2,1-3H3,(H,12,13). The van der Waals surface area contributed by atoms with E-state index in [0.717, 1.165) is 30.5 Å². The fourth-order valence-corrected chi connectivity index (χ4v) is 1.94. The maximum Gasteiger partial charge on any atom is 0.311 e. The first-order chi connectivity index (χ1) is 8.15. The number of hydrogen-bond donors (Lipinski definition) is 1. The summed E-state index contributed by atoms with van der Waals surface area (Å²) in [6, 6.07) is 0. The highest BCUT2D eigenvalue weighted by atomic mass is 32.1. The van der Waals surface area contributed by atoms with Gasteiger partial charge in [0, 0.05) is 18.5 Å². The molecule has 1 aromatic rings. The summed E-state index contributed by atoms with van der Waals surface area (Å²) in [6.07, 6.45) is 0.240. The highest BCUT2D eigenvalue weighted by Gasteiger charge is 2.07. The second kappa shape index (κ2) is 7.24. The van der Waals surface area contributed by atoms with Gasteiger partial charge in [0.25, 0.3) is 0 Å². The van der Waals surface area contributed by atoms with Gasteiger partial charge in [-0.15, -0.1) is 11.3 Å². The van der Waals surface area contributed by atoms with Crippen LogP contribution in [0.25, 0.3) is 0 Å². The van der Waals surface area contributed by atoms with Crippen LogP contribution in [0.3, 0.4) is 0 Å². The number of thiazole rings is 1. The molecular formula is C11H19N3O2S. The van der Waals surface area contributed by atoms with E-state index in [1.165, 1.54) is 18.4 Å². The Morgan fingerprint density at radius 1 is 1.65 bits per heavy atom. The number of hydrogen-bond acceptors (Lipinski definition) is 6. The number of nitrogens with one attached hydrogen (secondary N) is 1. The number of ether oxygens (including phenoxy) is 1. The Hall–Kier alpha value is -1.14. The summed E-state index contributed by atoms with van der Waals surface area (Å²) in [4.78, 5) is 17.6. The molecule has 0 spiro atoms. The Labute approximate surface area is 106 Å². The molecular weight excluding hydrogens is 238 g/mol. The Kier molecular flexibility index (Phi) is 5.93. The first-order valence-corrected chi connectivity index (χ1v) is 6.47. The molecule has 1 N–H and O–H groups in total. The number of aromatic nitrogens is 1. The molecule has 1 aromatic heterocycles. The molecule has 0 saturated carbocycles. The van der Waals surface area contributed by atoms with Crippen molar-refractivity contribution in [3.63, 3.8) is 0 Å². The van der Waals surface area contributed by atoms with E-state index in [-0.39, 0.29) is 12.4 Å². The van der Waals surface area contributed by atoms with E-state index in [1.54, 1.807) is 0 Å². The third kappa shape index (κ3) is 5.14. The third-order valence-corrected chi connectivity index (χ3v) is 3.26. The molecule has 0 aliphatic carbocycles. The lowest BCUT2D eigenvalue weighted by Crippen LogP contribution is -2.24. The van der Waals surface area contributed by atoms with Gasteiger partial charge in [0.2, 0.25) is 0 Å². The van der Waals surface area contributed by atoms with E-state index in [4.69, 9.17) is 0 Å². The van der Waals surface area contributed by atoms with Gasteiger partial charge in [-0.2, -0.15) is 0 Å². The van der Waals surface area contributed by atoms with Crippen molar-refractivity contribution in [2.45, 2.75) is 13.3 Å². The zero-order valence-corrected chi connectivity index (χ0v) is 11.3. The van der Waals surface area contributed by atoms with Crippen molar-refractivity contribution >= 4 is 22.4 Å². The van der Waals surface area contributed by atoms with Crippen molar-refractivity contribution < 1.29 is 9.53 Å². The van der Waals surface area contributed by atoms with Crippen molar-refractivity contribution in [3.8, 4) is 0 Å². The molecule has 0 amide bonds. The highest BCUT2D eigenvalue weighted by molar-refractivity contribution is 7.13. The predicted octanol–water partition coefficient (Wildman–Crippen LogP) is 1.22. The minimum Gasteiger partial charge on any atom is -0.469 e. The average Bonchev–Trinajstić information content (AvgIpc) is 2.76. The minimum atomic E-state index is -0.257. The van der Waals surface area contributed by atoms with E-state index < -0.39 is 0 Å². The van der Waals surface area contributed by atoms with Crippen LogP contribution in [-0.4, -0.2) is 49.6 Å². The van der Waals surface area contributed by atoms with Gasteiger partial charge in [0.05, 0.1) is 19.2 Å². The SMILES string of the molecule is CCN(C)CCNc1nc(CC(=O)OC)cs1.